The molecule has 1 aromatic carbocycles. The molecule has 0 bridgehead atoms. The van der Waals surface area contributed by atoms with Gasteiger partial charge in [-0.15, -0.1) is 5.10 Å². The topological polar surface area (TPSA) is 119 Å². The minimum absolute atomic E-state index is 0.141. The third-order valence-electron chi connectivity index (χ3n) is 3.05. The number of nitrogens with zero attached hydrogens (tertiary/aromatic N) is 2. The number of phenols is 1. The van der Waals surface area contributed by atoms with Crippen molar-refractivity contribution in [3.8, 4) is 17.2 Å². The molecule has 0 unspecified atom stereocenters. The molecule has 9 nitrogen and oxygen atoms in total. The van der Waals surface area contributed by atoms with Crippen molar-refractivity contribution in [3.63, 3.8) is 0 Å². The van der Waals surface area contributed by atoms with Gasteiger partial charge in [0.1, 0.15) is 0 Å². The van der Waals surface area contributed by atoms with Crippen molar-refractivity contribution < 1.29 is 28.9 Å². The van der Waals surface area contributed by atoms with Gasteiger partial charge >= 0.3 is 5.97 Å². The zero-order chi connectivity index (χ0) is 19.3. The number of amidine groups is 1. The van der Waals surface area contributed by atoms with E-state index in [0.717, 1.165) is 17.8 Å². The van der Waals surface area contributed by atoms with Crippen LogP contribution in [0.25, 0.3) is 0 Å². The quantitative estimate of drug-likeness (QED) is 0.308. The van der Waals surface area contributed by atoms with E-state index in [4.69, 9.17) is 9.47 Å². The lowest BCUT2D eigenvalue weighted by atomic mass is 10.2. The number of nitrogens with one attached hydrogen (secondary N) is 1. The zero-order valence-corrected chi connectivity index (χ0v) is 16.3. The van der Waals surface area contributed by atoms with Crippen LogP contribution in [0.15, 0.2) is 31.7 Å². The second kappa shape index (κ2) is 8.72. The summed E-state index contributed by atoms with van der Waals surface area (Å²) >= 11 is 4.25. The van der Waals surface area contributed by atoms with Crippen molar-refractivity contribution in [3.05, 3.63) is 27.1 Å². The number of thioether (sulfide) groups is 1. The van der Waals surface area contributed by atoms with Crippen molar-refractivity contribution >= 4 is 51.0 Å². The number of aromatic hydroxyl groups is 1. The summed E-state index contributed by atoms with van der Waals surface area (Å²) in [4.78, 5) is 23.0. The Kier molecular flexibility index (Phi) is 6.64. The molecule has 1 aliphatic heterocycles. The van der Waals surface area contributed by atoms with E-state index in [2.05, 4.69) is 36.2 Å². The van der Waals surface area contributed by atoms with Crippen LogP contribution < -0.4 is 14.8 Å². The highest BCUT2D eigenvalue weighted by Crippen LogP contribution is 2.43. The average molecular weight is 444 g/mol. The maximum absolute atomic E-state index is 11.7. The van der Waals surface area contributed by atoms with Crippen LogP contribution in [-0.2, 0) is 14.3 Å². The maximum Gasteiger partial charge on any atom is 0.331 e. The summed E-state index contributed by atoms with van der Waals surface area (Å²) in [6.45, 7) is 0. The van der Waals surface area contributed by atoms with Crippen molar-refractivity contribution in [2.45, 2.75) is 0 Å². The number of amides is 1. The fourth-order valence-corrected chi connectivity index (χ4v) is 3.21. The van der Waals surface area contributed by atoms with E-state index in [-0.39, 0.29) is 21.6 Å². The molecule has 2 N–H and O–H groups in total. The van der Waals surface area contributed by atoms with Gasteiger partial charge in [-0.3, -0.25) is 10.1 Å². The van der Waals surface area contributed by atoms with Crippen LogP contribution in [0.4, 0.5) is 0 Å². The summed E-state index contributed by atoms with van der Waals surface area (Å²) in [5, 5.41) is 20.5. The smallest absolute Gasteiger partial charge is 0.331 e. The number of esters is 1. The van der Waals surface area contributed by atoms with Gasteiger partial charge in [0, 0.05) is 11.6 Å². The first-order valence-electron chi connectivity index (χ1n) is 6.94. The average Bonchev–Trinajstić information content (AvgIpc) is 2.96. The monoisotopic (exact) mass is 443 g/mol. The number of rotatable bonds is 5. The van der Waals surface area contributed by atoms with E-state index in [1.165, 1.54) is 27.5 Å². The number of hydrogen-bond donors (Lipinski definition) is 2. The minimum Gasteiger partial charge on any atom is -0.504 e. The van der Waals surface area contributed by atoms with Gasteiger partial charge in [0.2, 0.25) is 5.75 Å². The van der Waals surface area contributed by atoms with Gasteiger partial charge in [-0.25, -0.2) is 4.79 Å². The molecule has 0 atom stereocenters. The summed E-state index contributed by atoms with van der Waals surface area (Å²) in [6.07, 6.45) is 2.34. The number of carbonyl (C=O) groups excluding carboxylic acids is 2. The van der Waals surface area contributed by atoms with Gasteiger partial charge in [0.15, 0.2) is 16.7 Å². The molecular formula is C15H14BrN3O6S. The molecule has 0 aromatic heterocycles. The highest BCUT2D eigenvalue weighted by atomic mass is 79.9. The number of phenolic OH excluding ortho intramolecular Hbond substituents is 1. The van der Waals surface area contributed by atoms with Crippen LogP contribution in [0.2, 0.25) is 0 Å². The summed E-state index contributed by atoms with van der Waals surface area (Å²) in [5.41, 5.74) is 0.318. The molecule has 0 aliphatic carbocycles. The van der Waals surface area contributed by atoms with Crippen LogP contribution in [0, 0.1) is 0 Å². The Morgan fingerprint density at radius 3 is 2.62 bits per heavy atom. The third kappa shape index (κ3) is 4.35. The summed E-state index contributed by atoms with van der Waals surface area (Å²) in [7, 11) is 4.05. The first-order chi connectivity index (χ1) is 12.4. The van der Waals surface area contributed by atoms with E-state index in [9.17, 15) is 14.7 Å². The number of ether oxygens (including phenoxy) is 3. The molecule has 1 aliphatic rings. The van der Waals surface area contributed by atoms with E-state index in [1.54, 1.807) is 6.07 Å². The van der Waals surface area contributed by atoms with Crippen LogP contribution >= 0.6 is 27.7 Å². The predicted molar refractivity (Wildman–Crippen MR) is 99.8 cm³/mol. The molecule has 0 saturated carbocycles. The third-order valence-corrected chi connectivity index (χ3v) is 4.54. The lowest BCUT2D eigenvalue weighted by molar-refractivity contribution is -0.135. The summed E-state index contributed by atoms with van der Waals surface area (Å²) < 4.78 is 15.3. The molecule has 0 spiro atoms. The first kappa shape index (κ1) is 19.8. The molecule has 1 heterocycles. The Morgan fingerprint density at radius 2 is 2.00 bits per heavy atom. The largest absolute Gasteiger partial charge is 0.504 e. The highest BCUT2D eigenvalue weighted by Gasteiger charge is 2.25. The van der Waals surface area contributed by atoms with Gasteiger partial charge in [-0.1, -0.05) is 0 Å². The Bertz CT molecular complexity index is 837. The maximum atomic E-state index is 11.7. The van der Waals surface area contributed by atoms with E-state index < -0.39 is 11.9 Å². The van der Waals surface area contributed by atoms with Gasteiger partial charge in [0.05, 0.1) is 36.9 Å². The standard InChI is InChI=1S/C15H14BrN3O6S/c1-23-10(20)5-9-14(22)18-15(26-9)19-17-6-7-4-8(16)12(24-2)13(25-3)11(7)21/h4-6,21H,1-3H3,(H,18,19,22)/b9-5+,17-6?. The molecule has 1 aromatic rings. The minimum atomic E-state index is -0.646. The summed E-state index contributed by atoms with van der Waals surface area (Å²) in [5.74, 6) is -0.822. The van der Waals surface area contributed by atoms with E-state index >= 15 is 0 Å². The highest BCUT2D eigenvalue weighted by molar-refractivity contribution is 9.10. The molecular weight excluding hydrogens is 430 g/mol. The zero-order valence-electron chi connectivity index (χ0n) is 13.9. The van der Waals surface area contributed by atoms with Crippen molar-refractivity contribution in [2.75, 3.05) is 21.3 Å². The number of benzene rings is 1. The van der Waals surface area contributed by atoms with Crippen LogP contribution in [0.5, 0.6) is 17.2 Å². The molecule has 2 rings (SSSR count). The van der Waals surface area contributed by atoms with Crippen LogP contribution in [0.3, 0.4) is 0 Å². The van der Waals surface area contributed by atoms with Gasteiger partial charge in [-0.2, -0.15) is 5.10 Å². The van der Waals surface area contributed by atoms with E-state index in [1.807, 2.05) is 0 Å². The molecule has 11 heteroatoms. The van der Waals surface area contributed by atoms with Gasteiger partial charge in [0.25, 0.3) is 5.91 Å². The SMILES string of the molecule is COC(=O)/C=C1/S/C(=N\N=Cc2cc(Br)c(OC)c(OC)c2O)NC1=O. The Hall–Kier alpha value is -2.53. The Morgan fingerprint density at radius 1 is 1.31 bits per heavy atom. The molecule has 1 saturated heterocycles. The number of methoxy groups -OCH3 is 3. The van der Waals surface area contributed by atoms with Crippen LogP contribution in [0.1, 0.15) is 5.56 Å². The lowest BCUT2D eigenvalue weighted by Gasteiger charge is -2.12. The second-order valence-electron chi connectivity index (χ2n) is 4.60. The van der Waals surface area contributed by atoms with Gasteiger partial charge < -0.3 is 19.3 Å². The molecule has 1 fully saturated rings. The first-order valence-corrected chi connectivity index (χ1v) is 8.55. The Labute approximate surface area is 161 Å². The van der Waals surface area contributed by atoms with Gasteiger partial charge in [-0.05, 0) is 33.8 Å². The van der Waals surface area contributed by atoms with Crippen molar-refractivity contribution in [1.82, 2.24) is 5.32 Å². The number of hydrogen-bond acceptors (Lipinski definition) is 9. The van der Waals surface area contributed by atoms with E-state index in [0.29, 0.717) is 15.8 Å². The molecule has 1 amide bonds. The normalized spacial score (nSPS) is 17.0. The number of carbonyl (C=O) groups is 2. The lowest BCUT2D eigenvalue weighted by Crippen LogP contribution is -2.19. The Balaban J connectivity index is 2.23. The fourth-order valence-electron chi connectivity index (χ4n) is 1.88. The second-order valence-corrected chi connectivity index (χ2v) is 6.49. The fraction of sp³-hybridized carbons (Fsp3) is 0.200. The predicted octanol–water partition coefficient (Wildman–Crippen LogP) is 1.78. The molecule has 138 valence electrons. The molecule has 26 heavy (non-hydrogen) atoms. The number of halogens is 1. The van der Waals surface area contributed by atoms with Crippen molar-refractivity contribution in [1.29, 1.82) is 0 Å². The van der Waals surface area contributed by atoms with Crippen LogP contribution in [-0.4, -0.2) is 49.7 Å². The van der Waals surface area contributed by atoms with Crippen molar-refractivity contribution in [2.24, 2.45) is 10.2 Å². The molecule has 0 radical (unpaired) electrons. The summed E-state index contributed by atoms with van der Waals surface area (Å²) in [6, 6.07) is 1.57.